The van der Waals surface area contributed by atoms with Gasteiger partial charge in [-0.3, -0.25) is 9.44 Å². The predicted molar refractivity (Wildman–Crippen MR) is 115 cm³/mol. The van der Waals surface area contributed by atoms with Gasteiger partial charge in [0.25, 0.3) is 20.0 Å². The molecule has 152 valence electrons. The number of aryl methyl sites for hydroxylation is 3. The third kappa shape index (κ3) is 4.96. The van der Waals surface area contributed by atoms with Crippen LogP contribution in [-0.4, -0.2) is 16.8 Å². The van der Waals surface area contributed by atoms with E-state index in [0.29, 0.717) is 11.3 Å². The van der Waals surface area contributed by atoms with Crippen LogP contribution in [0.5, 0.6) is 0 Å². The largest absolute Gasteiger partial charge is 0.280 e. The number of sulfonamides is 2. The van der Waals surface area contributed by atoms with Crippen molar-refractivity contribution in [2.24, 2.45) is 0 Å². The average Bonchev–Trinajstić information content (AvgIpc) is 2.65. The van der Waals surface area contributed by atoms with Crippen molar-refractivity contribution in [1.29, 1.82) is 0 Å². The van der Waals surface area contributed by atoms with Gasteiger partial charge in [0.2, 0.25) is 0 Å². The van der Waals surface area contributed by atoms with Crippen molar-refractivity contribution < 1.29 is 16.8 Å². The lowest BCUT2D eigenvalue weighted by atomic mass is 10.2. The molecule has 0 bridgehead atoms. The molecule has 0 atom stereocenters. The van der Waals surface area contributed by atoms with Crippen LogP contribution in [-0.2, 0) is 20.0 Å². The fourth-order valence-electron chi connectivity index (χ4n) is 2.65. The van der Waals surface area contributed by atoms with E-state index >= 15 is 0 Å². The molecule has 0 aromatic heterocycles. The summed E-state index contributed by atoms with van der Waals surface area (Å²) in [6.45, 7) is 5.49. The second-order valence-corrected chi connectivity index (χ2v) is 10.2. The summed E-state index contributed by atoms with van der Waals surface area (Å²) in [5.41, 5.74) is 3.13. The van der Waals surface area contributed by atoms with E-state index in [0.717, 1.165) is 11.1 Å². The first-order valence-electron chi connectivity index (χ1n) is 8.86. The molecule has 0 spiro atoms. The Kier molecular flexibility index (Phi) is 5.68. The number of hydrogen-bond acceptors (Lipinski definition) is 4. The quantitative estimate of drug-likeness (QED) is 0.613. The Morgan fingerprint density at radius 1 is 0.586 bits per heavy atom. The lowest BCUT2D eigenvalue weighted by Crippen LogP contribution is -2.15. The molecule has 0 radical (unpaired) electrons. The molecular formula is C21H22N2O4S2. The van der Waals surface area contributed by atoms with Crippen molar-refractivity contribution >= 4 is 31.4 Å². The first kappa shape index (κ1) is 20.9. The van der Waals surface area contributed by atoms with Crippen LogP contribution in [0.4, 0.5) is 11.4 Å². The van der Waals surface area contributed by atoms with E-state index in [-0.39, 0.29) is 15.5 Å². The standard InChI is InChI=1S/C21H22N2O4S2/c1-15-4-10-19(11-5-15)28(24,25)22-18-9-8-17(3)21(14-18)23-29(26,27)20-12-6-16(2)7-13-20/h4-14,22-23H,1-3H3. The maximum atomic E-state index is 12.7. The predicted octanol–water partition coefficient (Wildman–Crippen LogP) is 4.21. The molecule has 0 heterocycles. The van der Waals surface area contributed by atoms with Gasteiger partial charge in [0.15, 0.2) is 0 Å². The Hall–Kier alpha value is -2.84. The zero-order valence-electron chi connectivity index (χ0n) is 16.3. The van der Waals surface area contributed by atoms with Crippen molar-refractivity contribution in [2.75, 3.05) is 9.44 Å². The third-order valence-electron chi connectivity index (χ3n) is 4.40. The van der Waals surface area contributed by atoms with Crippen molar-refractivity contribution in [3.05, 3.63) is 83.4 Å². The van der Waals surface area contributed by atoms with E-state index in [1.165, 1.54) is 30.3 Å². The Bertz CT molecular complexity index is 1230. The third-order valence-corrected chi connectivity index (χ3v) is 7.18. The Morgan fingerprint density at radius 2 is 1.03 bits per heavy atom. The summed E-state index contributed by atoms with van der Waals surface area (Å²) in [5, 5.41) is 0. The van der Waals surface area contributed by atoms with Gasteiger partial charge in [0, 0.05) is 0 Å². The molecule has 0 fully saturated rings. The molecule has 0 amide bonds. The van der Waals surface area contributed by atoms with Gasteiger partial charge in [-0.2, -0.15) is 0 Å². The normalized spacial score (nSPS) is 11.8. The van der Waals surface area contributed by atoms with Gasteiger partial charge in [-0.05, 0) is 62.7 Å². The molecule has 3 aromatic carbocycles. The summed E-state index contributed by atoms with van der Waals surface area (Å²) < 4.78 is 55.6. The van der Waals surface area contributed by atoms with Crippen LogP contribution in [0.2, 0.25) is 0 Å². The second kappa shape index (κ2) is 7.88. The van der Waals surface area contributed by atoms with Crippen LogP contribution in [0, 0.1) is 20.8 Å². The minimum absolute atomic E-state index is 0.130. The van der Waals surface area contributed by atoms with Gasteiger partial charge in [-0.25, -0.2) is 16.8 Å². The lowest BCUT2D eigenvalue weighted by molar-refractivity contribution is 0.599. The second-order valence-electron chi connectivity index (χ2n) is 6.87. The molecule has 3 aromatic rings. The number of benzene rings is 3. The lowest BCUT2D eigenvalue weighted by Gasteiger charge is -2.14. The molecule has 0 aliphatic heterocycles. The number of rotatable bonds is 6. The van der Waals surface area contributed by atoms with Crippen LogP contribution >= 0.6 is 0 Å². The maximum Gasteiger partial charge on any atom is 0.261 e. The molecule has 0 saturated carbocycles. The highest BCUT2D eigenvalue weighted by atomic mass is 32.2. The zero-order valence-corrected chi connectivity index (χ0v) is 17.9. The number of hydrogen-bond donors (Lipinski definition) is 2. The molecule has 0 aliphatic carbocycles. The summed E-state index contributed by atoms with van der Waals surface area (Å²) in [6, 6.07) is 17.7. The summed E-state index contributed by atoms with van der Waals surface area (Å²) in [6.07, 6.45) is 0. The van der Waals surface area contributed by atoms with Crippen LogP contribution in [0.3, 0.4) is 0 Å². The minimum atomic E-state index is -3.80. The molecule has 6 nitrogen and oxygen atoms in total. The summed E-state index contributed by atoms with van der Waals surface area (Å²) in [5.74, 6) is 0. The summed E-state index contributed by atoms with van der Waals surface area (Å²) in [7, 11) is -7.58. The highest BCUT2D eigenvalue weighted by Crippen LogP contribution is 2.25. The highest BCUT2D eigenvalue weighted by Gasteiger charge is 2.17. The molecule has 3 rings (SSSR count). The van der Waals surface area contributed by atoms with E-state index in [1.54, 1.807) is 43.3 Å². The summed E-state index contributed by atoms with van der Waals surface area (Å²) in [4.78, 5) is 0.263. The van der Waals surface area contributed by atoms with Gasteiger partial charge >= 0.3 is 0 Å². The fourth-order valence-corrected chi connectivity index (χ4v) is 4.82. The van der Waals surface area contributed by atoms with E-state index < -0.39 is 20.0 Å². The van der Waals surface area contributed by atoms with Gasteiger partial charge in [-0.15, -0.1) is 0 Å². The van der Waals surface area contributed by atoms with Crippen molar-refractivity contribution in [3.8, 4) is 0 Å². The minimum Gasteiger partial charge on any atom is -0.280 e. The van der Waals surface area contributed by atoms with Crippen molar-refractivity contribution in [3.63, 3.8) is 0 Å². The molecule has 0 unspecified atom stereocenters. The monoisotopic (exact) mass is 430 g/mol. The SMILES string of the molecule is Cc1ccc(S(=O)(=O)Nc2ccc(C)c(NS(=O)(=O)c3ccc(C)cc3)c2)cc1. The van der Waals surface area contributed by atoms with E-state index in [1.807, 2.05) is 13.8 Å². The first-order chi connectivity index (χ1) is 13.6. The topological polar surface area (TPSA) is 92.3 Å². The van der Waals surface area contributed by atoms with Crippen molar-refractivity contribution in [1.82, 2.24) is 0 Å². The van der Waals surface area contributed by atoms with Crippen LogP contribution < -0.4 is 9.44 Å². The average molecular weight is 431 g/mol. The Labute approximate surface area is 171 Å². The molecule has 0 aliphatic rings. The van der Waals surface area contributed by atoms with Gasteiger partial charge in [-0.1, -0.05) is 41.5 Å². The molecule has 8 heteroatoms. The van der Waals surface area contributed by atoms with E-state index in [2.05, 4.69) is 9.44 Å². The Balaban J connectivity index is 1.88. The maximum absolute atomic E-state index is 12.7. The summed E-state index contributed by atoms with van der Waals surface area (Å²) >= 11 is 0. The van der Waals surface area contributed by atoms with Crippen LogP contribution in [0.1, 0.15) is 16.7 Å². The Morgan fingerprint density at radius 3 is 1.52 bits per heavy atom. The number of anilines is 2. The highest BCUT2D eigenvalue weighted by molar-refractivity contribution is 7.93. The van der Waals surface area contributed by atoms with E-state index in [4.69, 9.17) is 0 Å². The molecular weight excluding hydrogens is 408 g/mol. The number of nitrogens with one attached hydrogen (secondary N) is 2. The van der Waals surface area contributed by atoms with Gasteiger partial charge < -0.3 is 0 Å². The van der Waals surface area contributed by atoms with Crippen LogP contribution in [0.25, 0.3) is 0 Å². The molecule has 29 heavy (non-hydrogen) atoms. The van der Waals surface area contributed by atoms with Gasteiger partial charge in [0.05, 0.1) is 21.2 Å². The van der Waals surface area contributed by atoms with E-state index in [9.17, 15) is 16.8 Å². The van der Waals surface area contributed by atoms with Gasteiger partial charge in [0.1, 0.15) is 0 Å². The fraction of sp³-hybridized carbons (Fsp3) is 0.143. The first-order valence-corrected chi connectivity index (χ1v) is 11.8. The molecule has 0 saturated heterocycles. The molecule has 2 N–H and O–H groups in total. The zero-order chi connectivity index (χ0) is 21.2. The van der Waals surface area contributed by atoms with Crippen molar-refractivity contribution in [2.45, 2.75) is 30.6 Å². The van der Waals surface area contributed by atoms with Crippen LogP contribution in [0.15, 0.2) is 76.5 Å². The smallest absolute Gasteiger partial charge is 0.261 e.